The van der Waals surface area contributed by atoms with Gasteiger partial charge in [-0.15, -0.1) is 0 Å². The first-order valence-corrected chi connectivity index (χ1v) is 8.54. The molecule has 120 valence electrons. The summed E-state index contributed by atoms with van der Waals surface area (Å²) in [5.41, 5.74) is 1.23. The lowest BCUT2D eigenvalue weighted by molar-refractivity contribution is -0.134. The topological polar surface area (TPSA) is 26.8 Å². The number of likely N-dealkylation sites (N-methyl/N-ethyl adjacent to an activating group) is 1. The number of benzene rings is 1. The van der Waals surface area contributed by atoms with Gasteiger partial charge in [-0.3, -0.25) is 9.69 Å². The molecule has 1 saturated heterocycles. The normalized spacial score (nSPS) is 20.0. The molecule has 2 aliphatic rings. The van der Waals surface area contributed by atoms with Crippen LogP contribution in [0.3, 0.4) is 0 Å². The Labute approximate surface area is 133 Å². The Morgan fingerprint density at radius 3 is 2.32 bits per heavy atom. The van der Waals surface area contributed by atoms with Crippen molar-refractivity contribution in [2.75, 3.05) is 39.3 Å². The highest BCUT2D eigenvalue weighted by Crippen LogP contribution is 2.28. The minimum atomic E-state index is 0.302. The van der Waals surface area contributed by atoms with E-state index in [1.165, 1.54) is 18.4 Å². The molecule has 1 heterocycles. The van der Waals surface area contributed by atoms with E-state index in [1.54, 1.807) is 0 Å². The molecule has 0 spiro atoms. The van der Waals surface area contributed by atoms with Crippen LogP contribution >= 0.6 is 0 Å². The zero-order valence-corrected chi connectivity index (χ0v) is 13.6. The van der Waals surface area contributed by atoms with Crippen molar-refractivity contribution in [1.29, 1.82) is 0 Å². The number of carbonyl (C=O) groups is 1. The van der Waals surface area contributed by atoms with E-state index in [2.05, 4.69) is 45.9 Å². The first-order valence-electron chi connectivity index (χ1n) is 8.54. The van der Waals surface area contributed by atoms with Crippen molar-refractivity contribution in [3.05, 3.63) is 35.9 Å². The number of hydrogen-bond acceptors (Lipinski definition) is 3. The van der Waals surface area contributed by atoms with Gasteiger partial charge in [-0.05, 0) is 24.9 Å². The second-order valence-corrected chi connectivity index (χ2v) is 6.45. The molecule has 3 rings (SSSR count). The molecule has 0 N–H and O–H groups in total. The highest BCUT2D eigenvalue weighted by molar-refractivity contribution is 5.79. The molecule has 1 aromatic carbocycles. The molecule has 0 bridgehead atoms. The van der Waals surface area contributed by atoms with Gasteiger partial charge in [-0.2, -0.15) is 0 Å². The zero-order valence-electron chi connectivity index (χ0n) is 13.6. The average molecular weight is 301 g/mol. The molecular weight excluding hydrogens is 274 g/mol. The van der Waals surface area contributed by atoms with Crippen molar-refractivity contribution in [3.63, 3.8) is 0 Å². The van der Waals surface area contributed by atoms with Crippen LogP contribution in [0.1, 0.15) is 25.3 Å². The van der Waals surface area contributed by atoms with Crippen LogP contribution in [0.4, 0.5) is 0 Å². The molecule has 4 heteroatoms. The maximum atomic E-state index is 12.7. The summed E-state index contributed by atoms with van der Waals surface area (Å²) in [4.78, 5) is 19.6. The summed E-state index contributed by atoms with van der Waals surface area (Å²) in [7, 11) is 0. The van der Waals surface area contributed by atoms with Crippen LogP contribution in [0.25, 0.3) is 0 Å². The van der Waals surface area contributed by atoms with Crippen molar-refractivity contribution in [2.24, 2.45) is 0 Å². The third-order valence-corrected chi connectivity index (χ3v) is 4.77. The van der Waals surface area contributed by atoms with E-state index in [-0.39, 0.29) is 0 Å². The number of hydrogen-bond donors (Lipinski definition) is 0. The van der Waals surface area contributed by atoms with Crippen molar-refractivity contribution in [2.45, 2.75) is 32.4 Å². The lowest BCUT2D eigenvalue weighted by atomic mass is 10.2. The Balaban J connectivity index is 1.54. The first-order chi connectivity index (χ1) is 10.8. The van der Waals surface area contributed by atoms with Gasteiger partial charge in [0.1, 0.15) is 0 Å². The average Bonchev–Trinajstić information content (AvgIpc) is 3.39. The SMILES string of the molecule is CCN1CCN(CC(=O)N(Cc2ccccc2)C2CC2)CC1. The fourth-order valence-electron chi connectivity index (χ4n) is 3.13. The number of nitrogens with zero attached hydrogens (tertiary/aromatic N) is 3. The highest BCUT2D eigenvalue weighted by atomic mass is 16.2. The molecule has 1 aromatic rings. The van der Waals surface area contributed by atoms with E-state index in [4.69, 9.17) is 0 Å². The van der Waals surface area contributed by atoms with E-state index >= 15 is 0 Å². The molecule has 0 unspecified atom stereocenters. The molecule has 0 atom stereocenters. The zero-order chi connectivity index (χ0) is 15.4. The lowest BCUT2D eigenvalue weighted by Gasteiger charge is -2.35. The third-order valence-electron chi connectivity index (χ3n) is 4.77. The van der Waals surface area contributed by atoms with E-state index in [1.807, 2.05) is 6.07 Å². The summed E-state index contributed by atoms with van der Waals surface area (Å²) < 4.78 is 0. The molecule has 4 nitrogen and oxygen atoms in total. The predicted molar refractivity (Wildman–Crippen MR) is 88.6 cm³/mol. The number of carbonyl (C=O) groups excluding carboxylic acids is 1. The van der Waals surface area contributed by atoms with Gasteiger partial charge in [0, 0.05) is 38.8 Å². The summed E-state index contributed by atoms with van der Waals surface area (Å²) in [5.74, 6) is 0.302. The summed E-state index contributed by atoms with van der Waals surface area (Å²) in [5, 5.41) is 0. The Bertz CT molecular complexity index is 478. The van der Waals surface area contributed by atoms with Gasteiger partial charge in [0.25, 0.3) is 0 Å². The van der Waals surface area contributed by atoms with Gasteiger partial charge < -0.3 is 9.80 Å². The first kappa shape index (κ1) is 15.5. The van der Waals surface area contributed by atoms with Crippen LogP contribution < -0.4 is 0 Å². The van der Waals surface area contributed by atoms with Crippen molar-refractivity contribution in [1.82, 2.24) is 14.7 Å². The van der Waals surface area contributed by atoms with Gasteiger partial charge >= 0.3 is 0 Å². The molecule has 0 aromatic heterocycles. The molecule has 1 aliphatic heterocycles. The fourth-order valence-corrected chi connectivity index (χ4v) is 3.13. The van der Waals surface area contributed by atoms with E-state index < -0.39 is 0 Å². The minimum absolute atomic E-state index is 0.302. The van der Waals surface area contributed by atoms with E-state index in [0.717, 1.165) is 39.3 Å². The molecule has 22 heavy (non-hydrogen) atoms. The standard InChI is InChI=1S/C18H27N3O/c1-2-19-10-12-20(13-11-19)15-18(22)21(17-8-9-17)14-16-6-4-3-5-7-16/h3-7,17H,2,8-15H2,1H3. The van der Waals surface area contributed by atoms with Crippen molar-refractivity contribution < 1.29 is 4.79 Å². The largest absolute Gasteiger partial charge is 0.334 e. The van der Waals surface area contributed by atoms with Gasteiger partial charge in [0.15, 0.2) is 0 Å². The van der Waals surface area contributed by atoms with Crippen LogP contribution in [0.15, 0.2) is 30.3 Å². The quantitative estimate of drug-likeness (QED) is 0.802. The maximum absolute atomic E-state index is 12.7. The third kappa shape index (κ3) is 4.08. The summed E-state index contributed by atoms with van der Waals surface area (Å²) in [6.45, 7) is 8.88. The Kier molecular flexibility index (Phi) is 5.11. The second-order valence-electron chi connectivity index (χ2n) is 6.45. The fraction of sp³-hybridized carbons (Fsp3) is 0.611. The Morgan fingerprint density at radius 2 is 1.73 bits per heavy atom. The van der Waals surface area contributed by atoms with Crippen molar-refractivity contribution >= 4 is 5.91 Å². The maximum Gasteiger partial charge on any atom is 0.237 e. The molecular formula is C18H27N3O. The Morgan fingerprint density at radius 1 is 1.09 bits per heavy atom. The highest BCUT2D eigenvalue weighted by Gasteiger charge is 2.33. The molecule has 1 aliphatic carbocycles. The molecule has 2 fully saturated rings. The second kappa shape index (κ2) is 7.25. The van der Waals surface area contributed by atoms with Crippen molar-refractivity contribution in [3.8, 4) is 0 Å². The van der Waals surface area contributed by atoms with Crippen LogP contribution in [-0.4, -0.2) is 65.9 Å². The van der Waals surface area contributed by atoms with Crippen LogP contribution in [0.5, 0.6) is 0 Å². The smallest absolute Gasteiger partial charge is 0.237 e. The lowest BCUT2D eigenvalue weighted by Crippen LogP contribution is -2.50. The van der Waals surface area contributed by atoms with Gasteiger partial charge in [0.05, 0.1) is 6.54 Å². The van der Waals surface area contributed by atoms with Gasteiger partial charge in [-0.1, -0.05) is 37.3 Å². The number of amides is 1. The van der Waals surface area contributed by atoms with E-state index in [0.29, 0.717) is 18.5 Å². The van der Waals surface area contributed by atoms with Gasteiger partial charge in [-0.25, -0.2) is 0 Å². The Hall–Kier alpha value is -1.39. The van der Waals surface area contributed by atoms with Crippen LogP contribution in [-0.2, 0) is 11.3 Å². The molecule has 1 saturated carbocycles. The van der Waals surface area contributed by atoms with E-state index in [9.17, 15) is 4.79 Å². The number of piperazine rings is 1. The minimum Gasteiger partial charge on any atom is -0.334 e. The summed E-state index contributed by atoms with van der Waals surface area (Å²) in [6, 6.07) is 10.8. The predicted octanol–water partition coefficient (Wildman–Crippen LogP) is 1.82. The molecule has 1 amide bonds. The molecule has 0 radical (unpaired) electrons. The summed E-state index contributed by atoms with van der Waals surface area (Å²) >= 11 is 0. The van der Waals surface area contributed by atoms with Crippen LogP contribution in [0.2, 0.25) is 0 Å². The number of rotatable bonds is 6. The van der Waals surface area contributed by atoms with Gasteiger partial charge in [0.2, 0.25) is 5.91 Å². The monoisotopic (exact) mass is 301 g/mol. The summed E-state index contributed by atoms with van der Waals surface area (Å²) in [6.07, 6.45) is 2.34. The van der Waals surface area contributed by atoms with Crippen LogP contribution in [0, 0.1) is 0 Å².